The number of imidazole rings is 1. The van der Waals surface area contributed by atoms with Crippen molar-refractivity contribution in [1.29, 1.82) is 0 Å². The number of nitrogens with zero attached hydrogens (tertiary/aromatic N) is 2. The van der Waals surface area contributed by atoms with Gasteiger partial charge in [0.05, 0.1) is 17.0 Å². The van der Waals surface area contributed by atoms with Gasteiger partial charge < -0.3 is 0 Å². The van der Waals surface area contributed by atoms with Crippen molar-refractivity contribution in [3.05, 3.63) is 94.8 Å². The first kappa shape index (κ1) is 27.0. The van der Waals surface area contributed by atoms with Crippen LogP contribution in [0.5, 0.6) is 0 Å². The second-order valence-electron chi connectivity index (χ2n) is 9.41. The van der Waals surface area contributed by atoms with Gasteiger partial charge in [0.15, 0.2) is 0 Å². The molecular weight excluding hydrogens is 534 g/mol. The third-order valence-corrected chi connectivity index (χ3v) is 7.93. The van der Waals surface area contributed by atoms with Gasteiger partial charge in [-0.2, -0.15) is 26.3 Å². The predicted octanol–water partition coefficient (Wildman–Crippen LogP) is 9.69. The fraction of sp³-hybridized carbons (Fsp3) is 0.233. The van der Waals surface area contributed by atoms with Crippen molar-refractivity contribution >= 4 is 38.7 Å². The van der Waals surface area contributed by atoms with Crippen molar-refractivity contribution in [2.24, 2.45) is 0 Å². The van der Waals surface area contributed by atoms with Crippen LogP contribution >= 0.6 is 11.3 Å². The fourth-order valence-corrected chi connectivity index (χ4v) is 5.79. The van der Waals surface area contributed by atoms with Crippen LogP contribution in [0, 0.1) is 13.8 Å². The van der Waals surface area contributed by atoms with Crippen molar-refractivity contribution < 1.29 is 26.3 Å². The second kappa shape index (κ2) is 9.55. The van der Waals surface area contributed by atoms with Crippen molar-refractivity contribution in [2.45, 2.75) is 45.0 Å². The van der Waals surface area contributed by atoms with Crippen LogP contribution in [0.2, 0.25) is 0 Å². The summed E-state index contributed by atoms with van der Waals surface area (Å²) in [5, 5.41) is 0.564. The topological polar surface area (TPSA) is 17.3 Å². The van der Waals surface area contributed by atoms with E-state index >= 15 is 17.6 Å². The van der Waals surface area contributed by atoms with Gasteiger partial charge in [0, 0.05) is 27.8 Å². The minimum atomic E-state index is -5.69. The van der Waals surface area contributed by atoms with E-state index in [9.17, 15) is 8.78 Å². The minimum absolute atomic E-state index is 0.180. The molecule has 3 heterocycles. The number of rotatable bonds is 7. The van der Waals surface area contributed by atoms with Crippen molar-refractivity contribution in [3.63, 3.8) is 0 Å². The third-order valence-electron chi connectivity index (χ3n) is 6.83. The summed E-state index contributed by atoms with van der Waals surface area (Å²) in [5.74, 6) is -15.9. The number of allylic oxidation sites excluding steroid dienone is 1. The predicted molar refractivity (Wildman–Crippen MR) is 145 cm³/mol. The van der Waals surface area contributed by atoms with E-state index in [1.54, 1.807) is 74.5 Å². The van der Waals surface area contributed by atoms with Gasteiger partial charge in [-0.15, -0.1) is 11.3 Å². The molecular formula is C30H24F6N2S. The Balaban J connectivity index is 1.94. The molecule has 0 radical (unpaired) electrons. The highest BCUT2D eigenvalue weighted by Gasteiger charge is 2.72. The van der Waals surface area contributed by atoms with Crippen molar-refractivity contribution in [2.75, 3.05) is 0 Å². The molecule has 5 rings (SSSR count). The molecule has 0 aliphatic rings. The first-order chi connectivity index (χ1) is 18.4. The fourth-order valence-electron chi connectivity index (χ4n) is 4.75. The zero-order valence-electron chi connectivity index (χ0n) is 21.3. The highest BCUT2D eigenvalue weighted by Crippen LogP contribution is 2.54. The Morgan fingerprint density at radius 1 is 0.897 bits per heavy atom. The van der Waals surface area contributed by atoms with Gasteiger partial charge in [-0.05, 0) is 54.6 Å². The third kappa shape index (κ3) is 4.33. The van der Waals surface area contributed by atoms with Crippen molar-refractivity contribution in [1.82, 2.24) is 9.38 Å². The van der Waals surface area contributed by atoms with Gasteiger partial charge in [-0.1, -0.05) is 55.5 Å². The Kier molecular flexibility index (Phi) is 6.61. The second-order valence-corrected chi connectivity index (χ2v) is 10.7. The van der Waals surface area contributed by atoms with Crippen LogP contribution in [0.1, 0.15) is 35.2 Å². The molecule has 0 atom stereocenters. The zero-order valence-corrected chi connectivity index (χ0v) is 22.1. The molecule has 5 aromatic rings. The van der Waals surface area contributed by atoms with E-state index in [2.05, 4.69) is 4.98 Å². The number of pyridine rings is 1. The Hall–Kier alpha value is -3.59. The summed E-state index contributed by atoms with van der Waals surface area (Å²) < 4.78 is 94.4. The Labute approximate surface area is 225 Å². The van der Waals surface area contributed by atoms with Gasteiger partial charge in [0.2, 0.25) is 0 Å². The van der Waals surface area contributed by atoms with Gasteiger partial charge in [-0.25, -0.2) is 4.98 Å². The molecule has 0 saturated carbocycles. The summed E-state index contributed by atoms with van der Waals surface area (Å²) in [6, 6.07) is 18.4. The Morgan fingerprint density at radius 3 is 2.26 bits per heavy atom. The first-order valence-electron chi connectivity index (χ1n) is 12.3. The molecule has 202 valence electrons. The number of aryl methyl sites for hydroxylation is 2. The van der Waals surface area contributed by atoms with Crippen LogP contribution in [0.15, 0.2) is 72.9 Å². The normalized spacial score (nSPS) is 13.5. The Bertz CT molecular complexity index is 1700. The highest BCUT2D eigenvalue weighted by atomic mass is 32.1. The van der Waals surface area contributed by atoms with E-state index in [-0.39, 0.29) is 22.5 Å². The van der Waals surface area contributed by atoms with Crippen LogP contribution in [0.3, 0.4) is 0 Å². The summed E-state index contributed by atoms with van der Waals surface area (Å²) in [7, 11) is 0. The van der Waals surface area contributed by atoms with Crippen LogP contribution in [0.4, 0.5) is 26.3 Å². The molecule has 0 N–H and O–H groups in total. The lowest BCUT2D eigenvalue weighted by Crippen LogP contribution is -2.54. The number of hydrogen-bond acceptors (Lipinski definition) is 2. The summed E-state index contributed by atoms with van der Waals surface area (Å²) in [5.41, 5.74) is 0.0425. The molecule has 0 spiro atoms. The average molecular weight is 559 g/mol. The lowest BCUT2D eigenvalue weighted by Gasteiger charge is -2.34. The first-order valence-corrected chi connectivity index (χ1v) is 13.1. The summed E-state index contributed by atoms with van der Waals surface area (Å²) in [6.45, 7) is 4.08. The van der Waals surface area contributed by atoms with Gasteiger partial charge in [0.1, 0.15) is 5.65 Å². The highest BCUT2D eigenvalue weighted by molar-refractivity contribution is 7.19. The monoisotopic (exact) mass is 558 g/mol. The Morgan fingerprint density at radius 2 is 1.56 bits per heavy atom. The smallest absolute Gasteiger partial charge is 0.299 e. The average Bonchev–Trinajstić information content (AvgIpc) is 3.45. The molecule has 0 bridgehead atoms. The number of fused-ring (bicyclic) bond motifs is 2. The molecule has 3 aromatic heterocycles. The van der Waals surface area contributed by atoms with E-state index in [4.69, 9.17) is 0 Å². The van der Waals surface area contributed by atoms with Crippen molar-refractivity contribution in [3.8, 4) is 11.1 Å². The van der Waals surface area contributed by atoms with Gasteiger partial charge in [-0.3, -0.25) is 4.40 Å². The molecule has 0 aliphatic carbocycles. The van der Waals surface area contributed by atoms with E-state index in [1.807, 2.05) is 0 Å². The van der Waals surface area contributed by atoms with Crippen LogP contribution in [-0.4, -0.2) is 27.2 Å². The molecule has 2 aromatic carbocycles. The number of halogens is 6. The summed E-state index contributed by atoms with van der Waals surface area (Å²) in [6.07, 6.45) is 0.934. The SMILES string of the molecule is CCC(F)(F)C(F)(F)C(F)(F)/C(=C\c1c(C)sc2ccccc12)c1c(-c2ccccc2)ccc2nc(C)cn12. The molecule has 0 aliphatic heterocycles. The molecule has 2 nitrogen and oxygen atoms in total. The maximum Gasteiger partial charge on any atom is 0.376 e. The molecule has 9 heteroatoms. The summed E-state index contributed by atoms with van der Waals surface area (Å²) >= 11 is 1.31. The molecule has 0 saturated heterocycles. The lowest BCUT2D eigenvalue weighted by molar-refractivity contribution is -0.288. The van der Waals surface area contributed by atoms with E-state index in [1.165, 1.54) is 28.0 Å². The van der Waals surface area contributed by atoms with Gasteiger partial charge >= 0.3 is 17.8 Å². The van der Waals surface area contributed by atoms with E-state index in [0.717, 1.165) is 17.7 Å². The van der Waals surface area contributed by atoms with E-state index in [0.29, 0.717) is 21.5 Å². The van der Waals surface area contributed by atoms with Crippen LogP contribution in [0.25, 0.3) is 38.5 Å². The van der Waals surface area contributed by atoms with Gasteiger partial charge in [0.25, 0.3) is 0 Å². The number of aromatic nitrogens is 2. The van der Waals surface area contributed by atoms with Crippen LogP contribution in [-0.2, 0) is 0 Å². The number of alkyl halides is 6. The maximum atomic E-state index is 16.3. The summed E-state index contributed by atoms with van der Waals surface area (Å²) in [4.78, 5) is 4.91. The largest absolute Gasteiger partial charge is 0.376 e. The van der Waals surface area contributed by atoms with E-state index < -0.39 is 29.8 Å². The number of benzene rings is 2. The lowest BCUT2D eigenvalue weighted by atomic mass is 9.88. The molecule has 39 heavy (non-hydrogen) atoms. The van der Waals surface area contributed by atoms with Crippen LogP contribution < -0.4 is 0 Å². The molecule has 0 amide bonds. The number of thiophene rings is 1. The maximum absolute atomic E-state index is 16.3. The quantitative estimate of drug-likeness (QED) is 0.182. The number of hydrogen-bond donors (Lipinski definition) is 0. The molecule has 0 unspecified atom stereocenters. The standard InChI is InChI=1S/C30H24F6N2S/c1-4-28(31,32)30(35,36)29(33,34)24(16-23-19(3)39-25-13-9-8-12-22(23)25)27-21(20-10-6-5-7-11-20)14-15-26-37-18(2)17-38(26)27/h5-17H,4H2,1-3H3/b24-16-. The molecule has 0 fully saturated rings. The minimum Gasteiger partial charge on any atom is -0.299 e. The zero-order chi connectivity index (χ0) is 28.2.